The first-order chi connectivity index (χ1) is 9.47. The number of aliphatic hydroxyl groups is 1. The molecule has 1 fully saturated rings. The molecule has 0 radical (unpaired) electrons. The highest BCUT2D eigenvalue weighted by Crippen LogP contribution is 2.17. The number of aliphatic hydroxyl groups excluding tert-OH is 1. The summed E-state index contributed by atoms with van der Waals surface area (Å²) in [6.07, 6.45) is -0.483. The Labute approximate surface area is 128 Å². The van der Waals surface area contributed by atoms with Crippen molar-refractivity contribution in [2.75, 3.05) is 25.0 Å². The first-order valence-corrected chi connectivity index (χ1v) is 7.07. The number of anilines is 1. The van der Waals surface area contributed by atoms with Crippen LogP contribution in [0.2, 0.25) is 5.02 Å². The van der Waals surface area contributed by atoms with Gasteiger partial charge in [-0.3, -0.25) is 4.90 Å². The molecule has 1 aromatic carbocycles. The molecule has 1 atom stereocenters. The fraction of sp³-hybridized carbons (Fsp3) is 0.385. The SMILES string of the molecule is CC(O)CN1CCN(C(=O)Nc2cccc(Cl)c2)C1=S. The number of halogens is 1. The minimum absolute atomic E-state index is 0.287. The van der Waals surface area contributed by atoms with Gasteiger partial charge in [-0.15, -0.1) is 0 Å². The van der Waals surface area contributed by atoms with Crippen molar-refractivity contribution in [1.82, 2.24) is 9.80 Å². The zero-order chi connectivity index (χ0) is 14.7. The number of nitrogens with one attached hydrogen (secondary N) is 1. The maximum atomic E-state index is 12.2. The Morgan fingerprint density at radius 1 is 1.55 bits per heavy atom. The molecule has 0 spiro atoms. The highest BCUT2D eigenvalue weighted by Gasteiger charge is 2.30. The molecule has 20 heavy (non-hydrogen) atoms. The Kier molecular flexibility index (Phi) is 4.80. The molecule has 1 heterocycles. The van der Waals surface area contributed by atoms with Gasteiger partial charge >= 0.3 is 6.03 Å². The molecule has 1 unspecified atom stereocenters. The van der Waals surface area contributed by atoms with E-state index in [4.69, 9.17) is 23.8 Å². The van der Waals surface area contributed by atoms with E-state index in [2.05, 4.69) is 5.32 Å². The molecule has 2 rings (SSSR count). The molecule has 2 N–H and O–H groups in total. The van der Waals surface area contributed by atoms with E-state index in [1.807, 2.05) is 4.90 Å². The van der Waals surface area contributed by atoms with E-state index in [1.165, 1.54) is 4.90 Å². The van der Waals surface area contributed by atoms with Gasteiger partial charge in [-0.25, -0.2) is 4.79 Å². The van der Waals surface area contributed by atoms with Gasteiger partial charge in [0.05, 0.1) is 6.10 Å². The van der Waals surface area contributed by atoms with Gasteiger partial charge in [0, 0.05) is 30.3 Å². The third-order valence-electron chi connectivity index (χ3n) is 2.90. The van der Waals surface area contributed by atoms with Crippen LogP contribution in [0.1, 0.15) is 6.92 Å². The van der Waals surface area contributed by atoms with Crippen molar-refractivity contribution >= 4 is 40.6 Å². The van der Waals surface area contributed by atoms with Gasteiger partial charge in [-0.1, -0.05) is 17.7 Å². The Hall–Kier alpha value is -1.37. The summed E-state index contributed by atoms with van der Waals surface area (Å²) in [5.41, 5.74) is 0.624. The molecule has 1 saturated heterocycles. The maximum absolute atomic E-state index is 12.2. The van der Waals surface area contributed by atoms with E-state index < -0.39 is 6.10 Å². The van der Waals surface area contributed by atoms with Crippen LogP contribution in [0, 0.1) is 0 Å². The lowest BCUT2D eigenvalue weighted by Crippen LogP contribution is -2.40. The molecular formula is C13H16ClN3O2S. The van der Waals surface area contributed by atoms with Gasteiger partial charge in [-0.2, -0.15) is 0 Å². The van der Waals surface area contributed by atoms with Crippen LogP contribution >= 0.6 is 23.8 Å². The molecule has 7 heteroatoms. The van der Waals surface area contributed by atoms with Gasteiger partial charge in [0.15, 0.2) is 5.11 Å². The molecule has 5 nitrogen and oxygen atoms in total. The number of hydrogen-bond donors (Lipinski definition) is 2. The summed E-state index contributed by atoms with van der Waals surface area (Å²) in [5, 5.41) is 13.1. The second-order valence-corrected chi connectivity index (χ2v) is 5.47. The summed E-state index contributed by atoms with van der Waals surface area (Å²) in [6, 6.07) is 6.65. The number of hydrogen-bond acceptors (Lipinski definition) is 3. The van der Waals surface area contributed by atoms with Gasteiger partial charge in [0.25, 0.3) is 0 Å². The Morgan fingerprint density at radius 2 is 2.30 bits per heavy atom. The van der Waals surface area contributed by atoms with Crippen LogP contribution in [0.4, 0.5) is 10.5 Å². The summed E-state index contributed by atoms with van der Waals surface area (Å²) in [7, 11) is 0. The third-order valence-corrected chi connectivity index (χ3v) is 3.61. The van der Waals surface area contributed by atoms with Gasteiger partial charge < -0.3 is 15.3 Å². The summed E-state index contributed by atoms with van der Waals surface area (Å²) in [5.74, 6) is 0. The molecule has 0 bridgehead atoms. The van der Waals surface area contributed by atoms with Crippen LogP contribution in [0.3, 0.4) is 0 Å². The zero-order valence-electron chi connectivity index (χ0n) is 11.0. The monoisotopic (exact) mass is 313 g/mol. The van der Waals surface area contributed by atoms with Crippen LogP contribution in [-0.2, 0) is 0 Å². The number of thiocarbonyl (C=S) groups is 1. The quantitative estimate of drug-likeness (QED) is 0.840. The van der Waals surface area contributed by atoms with Crippen molar-refractivity contribution in [3.05, 3.63) is 29.3 Å². The van der Waals surface area contributed by atoms with E-state index in [9.17, 15) is 9.90 Å². The van der Waals surface area contributed by atoms with Crippen molar-refractivity contribution in [1.29, 1.82) is 0 Å². The number of carbonyl (C=O) groups excluding carboxylic acids is 1. The van der Waals surface area contributed by atoms with Crippen molar-refractivity contribution in [3.8, 4) is 0 Å². The average Bonchev–Trinajstić information content (AvgIpc) is 2.70. The van der Waals surface area contributed by atoms with Crippen molar-refractivity contribution in [2.24, 2.45) is 0 Å². The maximum Gasteiger partial charge on any atom is 0.328 e. The first kappa shape index (κ1) is 15.0. The molecule has 0 saturated carbocycles. The molecule has 1 aliphatic rings. The molecule has 0 aromatic heterocycles. The lowest BCUT2D eigenvalue weighted by molar-refractivity contribution is 0.164. The van der Waals surface area contributed by atoms with Crippen molar-refractivity contribution in [2.45, 2.75) is 13.0 Å². The van der Waals surface area contributed by atoms with E-state index >= 15 is 0 Å². The predicted molar refractivity (Wildman–Crippen MR) is 83.0 cm³/mol. The second-order valence-electron chi connectivity index (χ2n) is 4.67. The fourth-order valence-corrected chi connectivity index (χ4v) is 2.55. The van der Waals surface area contributed by atoms with Crippen molar-refractivity contribution in [3.63, 3.8) is 0 Å². The highest BCUT2D eigenvalue weighted by atomic mass is 35.5. The smallest absolute Gasteiger partial charge is 0.328 e. The third kappa shape index (κ3) is 3.59. The number of amides is 2. The van der Waals surface area contributed by atoms with Gasteiger partial charge in [0.2, 0.25) is 0 Å². The average molecular weight is 314 g/mol. The largest absolute Gasteiger partial charge is 0.392 e. The molecule has 1 aliphatic heterocycles. The number of urea groups is 1. The van der Waals surface area contributed by atoms with Gasteiger partial charge in [0.1, 0.15) is 0 Å². The fourth-order valence-electron chi connectivity index (χ4n) is 2.02. The minimum atomic E-state index is -0.483. The summed E-state index contributed by atoms with van der Waals surface area (Å²) in [6.45, 7) is 3.27. The number of carbonyl (C=O) groups is 1. The normalized spacial score (nSPS) is 16.4. The number of nitrogens with zero attached hydrogens (tertiary/aromatic N) is 2. The first-order valence-electron chi connectivity index (χ1n) is 6.28. The van der Waals surface area contributed by atoms with E-state index in [0.717, 1.165) is 0 Å². The number of β-amino-alcohol motifs (C(OH)–C–C–N with tert-alkyl or cyclic N) is 1. The van der Waals surface area contributed by atoms with E-state index in [-0.39, 0.29) is 6.03 Å². The lowest BCUT2D eigenvalue weighted by atomic mass is 10.3. The van der Waals surface area contributed by atoms with E-state index in [1.54, 1.807) is 31.2 Å². The Balaban J connectivity index is 1.98. The minimum Gasteiger partial charge on any atom is -0.392 e. The topological polar surface area (TPSA) is 55.8 Å². The van der Waals surface area contributed by atoms with Gasteiger partial charge in [-0.05, 0) is 37.3 Å². The van der Waals surface area contributed by atoms with Crippen LogP contribution in [-0.4, -0.2) is 51.8 Å². The lowest BCUT2D eigenvalue weighted by Gasteiger charge is -2.22. The van der Waals surface area contributed by atoms with Crippen LogP contribution in [0.5, 0.6) is 0 Å². The predicted octanol–water partition coefficient (Wildman–Crippen LogP) is 2.16. The highest BCUT2D eigenvalue weighted by molar-refractivity contribution is 7.80. The summed E-state index contributed by atoms with van der Waals surface area (Å²) < 4.78 is 0. The van der Waals surface area contributed by atoms with Crippen LogP contribution < -0.4 is 5.32 Å². The standard InChI is InChI=1S/C13H16ClN3O2S/c1-9(18)8-16-5-6-17(13(16)20)12(19)15-11-4-2-3-10(14)7-11/h2-4,7,9,18H,5-6,8H2,1H3,(H,15,19). The molecule has 0 aliphatic carbocycles. The molecule has 2 amide bonds. The summed E-state index contributed by atoms with van der Waals surface area (Å²) >= 11 is 11.1. The summed E-state index contributed by atoms with van der Waals surface area (Å²) in [4.78, 5) is 15.5. The van der Waals surface area contributed by atoms with E-state index in [0.29, 0.717) is 35.5 Å². The van der Waals surface area contributed by atoms with Crippen LogP contribution in [0.25, 0.3) is 0 Å². The molecular weight excluding hydrogens is 298 g/mol. The zero-order valence-corrected chi connectivity index (χ0v) is 12.6. The van der Waals surface area contributed by atoms with Crippen molar-refractivity contribution < 1.29 is 9.90 Å². The molecule has 1 aromatic rings. The molecule has 108 valence electrons. The Morgan fingerprint density at radius 3 is 2.95 bits per heavy atom. The number of rotatable bonds is 3. The number of benzene rings is 1. The van der Waals surface area contributed by atoms with Crippen LogP contribution in [0.15, 0.2) is 24.3 Å². The Bertz CT molecular complexity index is 524. The second kappa shape index (κ2) is 6.39.